The number of anilines is 1. The molecule has 1 aromatic carbocycles. The number of carbonyl (C=O) groups excluding carboxylic acids is 2. The maximum atomic E-state index is 12.2. The summed E-state index contributed by atoms with van der Waals surface area (Å²) in [5.74, 6) is -0.923. The molecule has 0 N–H and O–H groups in total. The van der Waals surface area contributed by atoms with Crippen molar-refractivity contribution in [3.05, 3.63) is 34.4 Å². The lowest BCUT2D eigenvalue weighted by Gasteiger charge is -2.31. The molecular formula is C13H14N2O4. The first kappa shape index (κ1) is 13.2. The quantitative estimate of drug-likeness (QED) is 0.473. The van der Waals surface area contributed by atoms with Gasteiger partial charge in [0.2, 0.25) is 5.91 Å². The Bertz CT molecular complexity index is 524. The molecule has 0 radical (unpaired) electrons. The van der Waals surface area contributed by atoms with Crippen LogP contribution in [-0.2, 0) is 9.59 Å². The number of hydrogen-bond acceptors (Lipinski definition) is 4. The number of benzene rings is 1. The number of nitro groups is 1. The molecule has 19 heavy (non-hydrogen) atoms. The zero-order chi connectivity index (χ0) is 14.0. The molecule has 6 heteroatoms. The van der Waals surface area contributed by atoms with E-state index in [9.17, 15) is 19.7 Å². The number of nitrogens with zero attached hydrogens (tertiary/aromatic N) is 2. The fraction of sp³-hybridized carbons (Fsp3) is 0.385. The van der Waals surface area contributed by atoms with E-state index in [1.807, 2.05) is 0 Å². The predicted molar refractivity (Wildman–Crippen MR) is 68.9 cm³/mol. The first-order valence-corrected chi connectivity index (χ1v) is 6.07. The molecule has 1 atom stereocenters. The summed E-state index contributed by atoms with van der Waals surface area (Å²) in [6.07, 6.45) is 1.34. The van der Waals surface area contributed by atoms with Crippen LogP contribution in [0.4, 0.5) is 11.4 Å². The van der Waals surface area contributed by atoms with Crippen LogP contribution in [0.2, 0.25) is 0 Å². The summed E-state index contributed by atoms with van der Waals surface area (Å²) >= 11 is 0. The Morgan fingerprint density at radius 2 is 2.00 bits per heavy atom. The van der Waals surface area contributed by atoms with Gasteiger partial charge in [0.05, 0.1) is 10.8 Å². The molecule has 1 amide bonds. The van der Waals surface area contributed by atoms with Gasteiger partial charge in [-0.05, 0) is 31.9 Å². The summed E-state index contributed by atoms with van der Waals surface area (Å²) in [5, 5.41) is 10.6. The van der Waals surface area contributed by atoms with E-state index < -0.39 is 10.8 Å². The lowest BCUT2D eigenvalue weighted by molar-refractivity contribution is -0.384. The van der Waals surface area contributed by atoms with E-state index in [1.54, 1.807) is 12.1 Å². The van der Waals surface area contributed by atoms with Gasteiger partial charge in [0, 0.05) is 24.4 Å². The van der Waals surface area contributed by atoms with E-state index in [-0.39, 0.29) is 17.4 Å². The molecule has 0 unspecified atom stereocenters. The standard InChI is InChI=1S/C13H14N2O4/c1-9(16)12-3-2-8-14(13(12)17)10-4-6-11(7-5-10)15(18)19/h4-7,12H,2-3,8H2,1H3/t12-/m1/s1. The van der Waals surface area contributed by atoms with E-state index >= 15 is 0 Å². The van der Waals surface area contributed by atoms with Crippen LogP contribution in [0.25, 0.3) is 0 Å². The van der Waals surface area contributed by atoms with Gasteiger partial charge < -0.3 is 4.90 Å². The zero-order valence-electron chi connectivity index (χ0n) is 10.5. The van der Waals surface area contributed by atoms with E-state index in [4.69, 9.17) is 0 Å². The van der Waals surface area contributed by atoms with E-state index in [1.165, 1.54) is 24.0 Å². The summed E-state index contributed by atoms with van der Waals surface area (Å²) < 4.78 is 0. The molecule has 100 valence electrons. The number of carbonyl (C=O) groups is 2. The van der Waals surface area contributed by atoms with Gasteiger partial charge in [0.15, 0.2) is 0 Å². The molecular weight excluding hydrogens is 248 g/mol. The van der Waals surface area contributed by atoms with Crippen molar-refractivity contribution in [2.45, 2.75) is 19.8 Å². The summed E-state index contributed by atoms with van der Waals surface area (Å²) in [6.45, 7) is 1.96. The molecule has 1 fully saturated rings. The zero-order valence-corrected chi connectivity index (χ0v) is 10.5. The fourth-order valence-electron chi connectivity index (χ4n) is 2.26. The highest BCUT2D eigenvalue weighted by Crippen LogP contribution is 2.26. The van der Waals surface area contributed by atoms with Crippen LogP contribution in [-0.4, -0.2) is 23.2 Å². The van der Waals surface area contributed by atoms with Crippen LogP contribution in [0.3, 0.4) is 0 Å². The SMILES string of the molecule is CC(=O)[C@H]1CCCN(c2ccc([N+](=O)[O-])cc2)C1=O. The van der Waals surface area contributed by atoms with Gasteiger partial charge >= 0.3 is 0 Å². The number of amides is 1. The van der Waals surface area contributed by atoms with Crippen molar-refractivity contribution in [2.24, 2.45) is 5.92 Å². The molecule has 0 aromatic heterocycles. The maximum absolute atomic E-state index is 12.2. The third-order valence-electron chi connectivity index (χ3n) is 3.30. The van der Waals surface area contributed by atoms with Crippen molar-refractivity contribution < 1.29 is 14.5 Å². The smallest absolute Gasteiger partial charge is 0.269 e. The number of nitro benzene ring substituents is 1. The van der Waals surface area contributed by atoms with Crippen LogP contribution >= 0.6 is 0 Å². The van der Waals surface area contributed by atoms with Crippen molar-refractivity contribution in [1.29, 1.82) is 0 Å². The third kappa shape index (κ3) is 2.62. The minimum absolute atomic E-state index is 0.0173. The first-order chi connectivity index (χ1) is 9.00. The number of rotatable bonds is 3. The second kappa shape index (κ2) is 5.17. The number of hydrogen-bond donors (Lipinski definition) is 0. The predicted octanol–water partition coefficient (Wildman–Crippen LogP) is 1.93. The molecule has 0 spiro atoms. The second-order valence-electron chi connectivity index (χ2n) is 4.57. The summed E-state index contributed by atoms with van der Waals surface area (Å²) in [7, 11) is 0. The van der Waals surface area contributed by atoms with Crippen LogP contribution in [0.5, 0.6) is 0 Å². The maximum Gasteiger partial charge on any atom is 0.269 e. The highest BCUT2D eigenvalue weighted by molar-refractivity contribution is 6.08. The lowest BCUT2D eigenvalue weighted by atomic mass is 9.93. The molecule has 2 rings (SSSR count). The van der Waals surface area contributed by atoms with Crippen molar-refractivity contribution in [2.75, 3.05) is 11.4 Å². The number of ketones is 1. The molecule has 6 nitrogen and oxygen atoms in total. The van der Waals surface area contributed by atoms with Gasteiger partial charge in [-0.2, -0.15) is 0 Å². The average Bonchev–Trinajstić information content (AvgIpc) is 2.38. The molecule has 0 aliphatic carbocycles. The summed E-state index contributed by atoms with van der Waals surface area (Å²) in [5.41, 5.74) is 0.581. The number of piperidine rings is 1. The van der Waals surface area contributed by atoms with Gasteiger partial charge in [-0.25, -0.2) is 0 Å². The second-order valence-corrected chi connectivity index (χ2v) is 4.57. The molecule has 0 saturated carbocycles. The van der Waals surface area contributed by atoms with Gasteiger partial charge in [0.1, 0.15) is 5.78 Å². The third-order valence-corrected chi connectivity index (χ3v) is 3.30. The highest BCUT2D eigenvalue weighted by atomic mass is 16.6. The molecule has 1 aliphatic rings. The van der Waals surface area contributed by atoms with Gasteiger partial charge in [-0.1, -0.05) is 0 Å². The summed E-state index contributed by atoms with van der Waals surface area (Å²) in [6, 6.07) is 5.80. The normalized spacial score (nSPS) is 19.3. The largest absolute Gasteiger partial charge is 0.312 e. The monoisotopic (exact) mass is 262 g/mol. The molecule has 0 bridgehead atoms. The molecule has 1 aromatic rings. The Hall–Kier alpha value is -2.24. The van der Waals surface area contributed by atoms with Crippen molar-refractivity contribution in [1.82, 2.24) is 0 Å². The van der Waals surface area contributed by atoms with Crippen LogP contribution in [0, 0.1) is 16.0 Å². The topological polar surface area (TPSA) is 80.5 Å². The van der Waals surface area contributed by atoms with Gasteiger partial charge in [0.25, 0.3) is 5.69 Å². The van der Waals surface area contributed by atoms with E-state index in [0.717, 1.165) is 6.42 Å². The molecule has 1 saturated heterocycles. The van der Waals surface area contributed by atoms with E-state index in [0.29, 0.717) is 18.7 Å². The van der Waals surface area contributed by atoms with Gasteiger partial charge in [-0.3, -0.25) is 19.7 Å². The Morgan fingerprint density at radius 3 is 2.53 bits per heavy atom. The molecule has 1 heterocycles. The first-order valence-electron chi connectivity index (χ1n) is 6.07. The minimum atomic E-state index is -0.580. The fourth-order valence-corrected chi connectivity index (χ4v) is 2.26. The number of non-ortho nitro benzene ring substituents is 1. The summed E-state index contributed by atoms with van der Waals surface area (Å²) in [4.78, 5) is 35.2. The van der Waals surface area contributed by atoms with Crippen molar-refractivity contribution in [3.63, 3.8) is 0 Å². The van der Waals surface area contributed by atoms with Crippen molar-refractivity contribution in [3.8, 4) is 0 Å². The van der Waals surface area contributed by atoms with Crippen molar-refractivity contribution >= 4 is 23.1 Å². The minimum Gasteiger partial charge on any atom is -0.312 e. The highest BCUT2D eigenvalue weighted by Gasteiger charge is 2.32. The Morgan fingerprint density at radius 1 is 1.37 bits per heavy atom. The average molecular weight is 262 g/mol. The lowest BCUT2D eigenvalue weighted by Crippen LogP contribution is -2.43. The van der Waals surface area contributed by atoms with E-state index in [2.05, 4.69) is 0 Å². The van der Waals surface area contributed by atoms with Crippen LogP contribution in [0.15, 0.2) is 24.3 Å². The van der Waals surface area contributed by atoms with Crippen LogP contribution in [0.1, 0.15) is 19.8 Å². The molecule has 1 aliphatic heterocycles. The number of Topliss-reactive ketones (excluding diaryl/α,β-unsaturated/α-hetero) is 1. The Labute approximate surface area is 110 Å². The van der Waals surface area contributed by atoms with Crippen LogP contribution < -0.4 is 4.90 Å². The Balaban J connectivity index is 2.23. The van der Waals surface area contributed by atoms with Gasteiger partial charge in [-0.15, -0.1) is 0 Å². The Kier molecular flexibility index (Phi) is 3.59.